The molecule has 0 aliphatic heterocycles. The van der Waals surface area contributed by atoms with Crippen LogP contribution in [0.15, 0.2) is 9.95 Å². The van der Waals surface area contributed by atoms with Crippen LogP contribution in [0.2, 0.25) is 0 Å². The molecule has 1 atom stereocenters. The molecule has 0 aromatic carbocycles. The topological polar surface area (TPSA) is 107 Å². The second kappa shape index (κ2) is 7.17. The number of amides is 3. The number of hydrogen-bond donors (Lipinski definition) is 2. The minimum atomic E-state index is -0.889. The van der Waals surface area contributed by atoms with Gasteiger partial charge in [0.1, 0.15) is 4.83 Å². The van der Waals surface area contributed by atoms with Gasteiger partial charge in [-0.25, -0.2) is 9.78 Å². The van der Waals surface area contributed by atoms with E-state index in [-0.39, 0.29) is 5.56 Å². The van der Waals surface area contributed by atoms with Gasteiger partial charge < -0.3 is 5.73 Å². The summed E-state index contributed by atoms with van der Waals surface area (Å²) in [6.07, 6.45) is 4.18. The molecule has 3 amide bonds. The summed E-state index contributed by atoms with van der Waals surface area (Å²) in [6, 6.07) is -0.889. The number of aromatic nitrogens is 2. The molecule has 2 aromatic rings. The Labute approximate surface area is 153 Å². The molecule has 1 aliphatic rings. The molecule has 0 saturated heterocycles. The SMILES string of the molecule is CCn1c(S[C@H](C)C(=O)NC(N)=O)nc2sc3c(c2c1=O)CCCC3. The number of nitrogens with zero attached hydrogens (tertiary/aromatic N) is 2. The van der Waals surface area contributed by atoms with Gasteiger partial charge in [0, 0.05) is 11.4 Å². The molecule has 0 saturated carbocycles. The molecule has 0 spiro atoms. The van der Waals surface area contributed by atoms with Crippen molar-refractivity contribution in [1.82, 2.24) is 14.9 Å². The maximum atomic E-state index is 13.0. The molecule has 0 unspecified atom stereocenters. The van der Waals surface area contributed by atoms with Crippen LogP contribution in [-0.4, -0.2) is 26.7 Å². The van der Waals surface area contributed by atoms with Crippen molar-refractivity contribution in [3.8, 4) is 0 Å². The number of aryl methyl sites for hydroxylation is 2. The highest BCUT2D eigenvalue weighted by Crippen LogP contribution is 2.35. The fraction of sp³-hybridized carbons (Fsp3) is 0.500. The lowest BCUT2D eigenvalue weighted by Crippen LogP contribution is -2.39. The normalized spacial score (nSPS) is 15.0. The second-order valence-electron chi connectivity index (χ2n) is 5.95. The first kappa shape index (κ1) is 17.9. The number of thiophene rings is 1. The van der Waals surface area contributed by atoms with Gasteiger partial charge >= 0.3 is 6.03 Å². The third kappa shape index (κ3) is 3.43. The van der Waals surface area contributed by atoms with Gasteiger partial charge in [0.25, 0.3) is 5.56 Å². The third-order valence-electron chi connectivity index (χ3n) is 4.25. The zero-order valence-electron chi connectivity index (χ0n) is 14.1. The van der Waals surface area contributed by atoms with E-state index < -0.39 is 17.2 Å². The zero-order chi connectivity index (χ0) is 18.1. The number of imide groups is 1. The van der Waals surface area contributed by atoms with Gasteiger partial charge in [0.05, 0.1) is 10.6 Å². The molecular weight excluding hydrogens is 360 g/mol. The summed E-state index contributed by atoms with van der Waals surface area (Å²) in [6.45, 7) is 4.00. The van der Waals surface area contributed by atoms with E-state index in [0.717, 1.165) is 53.2 Å². The molecule has 2 heterocycles. The monoisotopic (exact) mass is 380 g/mol. The van der Waals surface area contributed by atoms with Crippen molar-refractivity contribution in [3.05, 3.63) is 20.8 Å². The molecule has 9 heteroatoms. The standard InChI is InChI=1S/C16H20N4O3S2/c1-3-20-14(22)11-9-6-4-5-7-10(9)25-13(11)19-16(20)24-8(2)12(21)18-15(17)23/h8H,3-7H2,1-2H3,(H3,17,18,21,23)/t8-/m1/s1. The van der Waals surface area contributed by atoms with Crippen LogP contribution in [0.1, 0.15) is 37.1 Å². The Morgan fingerprint density at radius 3 is 2.80 bits per heavy atom. The number of urea groups is 1. The summed E-state index contributed by atoms with van der Waals surface area (Å²) < 4.78 is 1.60. The van der Waals surface area contributed by atoms with Crippen LogP contribution in [0.4, 0.5) is 4.79 Å². The number of carbonyl (C=O) groups is 2. The number of carbonyl (C=O) groups excluding carboxylic acids is 2. The number of primary amides is 1. The molecule has 3 rings (SSSR count). The molecule has 0 bridgehead atoms. The van der Waals surface area contributed by atoms with Crippen LogP contribution in [0.25, 0.3) is 10.2 Å². The molecule has 25 heavy (non-hydrogen) atoms. The maximum Gasteiger partial charge on any atom is 0.318 e. The fourth-order valence-electron chi connectivity index (χ4n) is 3.02. The number of rotatable bonds is 4. The smallest absolute Gasteiger partial charge is 0.318 e. The van der Waals surface area contributed by atoms with Gasteiger partial charge in [-0.05, 0) is 45.1 Å². The molecule has 134 valence electrons. The Bertz CT molecular complexity index is 903. The summed E-state index contributed by atoms with van der Waals surface area (Å²) >= 11 is 2.74. The van der Waals surface area contributed by atoms with Crippen molar-refractivity contribution < 1.29 is 9.59 Å². The lowest BCUT2D eigenvalue weighted by molar-refractivity contribution is -0.119. The lowest BCUT2D eigenvalue weighted by Gasteiger charge is -2.14. The van der Waals surface area contributed by atoms with Crippen LogP contribution in [0.5, 0.6) is 0 Å². The van der Waals surface area contributed by atoms with E-state index in [4.69, 9.17) is 5.73 Å². The van der Waals surface area contributed by atoms with E-state index in [0.29, 0.717) is 11.7 Å². The largest absolute Gasteiger partial charge is 0.351 e. The van der Waals surface area contributed by atoms with E-state index in [1.54, 1.807) is 22.8 Å². The summed E-state index contributed by atoms with van der Waals surface area (Å²) in [5.74, 6) is -0.500. The first-order chi connectivity index (χ1) is 11.9. The van der Waals surface area contributed by atoms with Gasteiger partial charge in [-0.2, -0.15) is 0 Å². The summed E-state index contributed by atoms with van der Waals surface area (Å²) in [7, 11) is 0. The summed E-state index contributed by atoms with van der Waals surface area (Å²) in [5, 5.41) is 2.69. The highest BCUT2D eigenvalue weighted by atomic mass is 32.2. The van der Waals surface area contributed by atoms with Crippen molar-refractivity contribution in [2.24, 2.45) is 5.73 Å². The number of hydrogen-bond acceptors (Lipinski definition) is 6. The zero-order valence-corrected chi connectivity index (χ0v) is 15.8. The molecule has 1 aliphatic carbocycles. The predicted octanol–water partition coefficient (Wildman–Crippen LogP) is 2.03. The van der Waals surface area contributed by atoms with Gasteiger partial charge in [-0.15, -0.1) is 11.3 Å². The Morgan fingerprint density at radius 1 is 1.40 bits per heavy atom. The van der Waals surface area contributed by atoms with E-state index in [9.17, 15) is 14.4 Å². The molecule has 7 nitrogen and oxygen atoms in total. The Balaban J connectivity index is 2.02. The number of nitrogens with one attached hydrogen (secondary N) is 1. The van der Waals surface area contributed by atoms with Crippen molar-refractivity contribution in [3.63, 3.8) is 0 Å². The molecule has 0 fully saturated rings. The summed E-state index contributed by atoms with van der Waals surface area (Å²) in [4.78, 5) is 42.4. The van der Waals surface area contributed by atoms with Crippen molar-refractivity contribution >= 4 is 45.3 Å². The van der Waals surface area contributed by atoms with Gasteiger partial charge in [-0.3, -0.25) is 19.5 Å². The van der Waals surface area contributed by atoms with Gasteiger partial charge in [0.15, 0.2) is 5.16 Å². The Morgan fingerprint density at radius 2 is 2.12 bits per heavy atom. The van der Waals surface area contributed by atoms with Crippen molar-refractivity contribution in [2.75, 3.05) is 0 Å². The third-order valence-corrected chi connectivity index (χ3v) is 6.53. The Kier molecular flexibility index (Phi) is 5.14. The lowest BCUT2D eigenvalue weighted by atomic mass is 9.97. The van der Waals surface area contributed by atoms with Gasteiger partial charge in [0.2, 0.25) is 5.91 Å². The van der Waals surface area contributed by atoms with Crippen LogP contribution in [0, 0.1) is 0 Å². The number of nitrogens with two attached hydrogens (primary N) is 1. The average Bonchev–Trinajstić information content (AvgIpc) is 2.92. The Hall–Kier alpha value is -1.87. The maximum absolute atomic E-state index is 13.0. The van der Waals surface area contributed by atoms with Crippen LogP contribution >= 0.6 is 23.1 Å². The first-order valence-electron chi connectivity index (χ1n) is 8.24. The first-order valence-corrected chi connectivity index (χ1v) is 9.94. The molecule has 3 N–H and O–H groups in total. The molecular formula is C16H20N4O3S2. The van der Waals surface area contributed by atoms with E-state index in [1.807, 2.05) is 6.92 Å². The average molecular weight is 380 g/mol. The minimum Gasteiger partial charge on any atom is -0.351 e. The highest BCUT2D eigenvalue weighted by molar-refractivity contribution is 8.00. The number of fused-ring (bicyclic) bond motifs is 3. The van der Waals surface area contributed by atoms with Crippen LogP contribution in [-0.2, 0) is 24.2 Å². The van der Waals surface area contributed by atoms with Crippen molar-refractivity contribution in [1.29, 1.82) is 0 Å². The second-order valence-corrected chi connectivity index (χ2v) is 8.34. The van der Waals surface area contributed by atoms with Crippen molar-refractivity contribution in [2.45, 2.75) is 56.5 Å². The summed E-state index contributed by atoms with van der Waals surface area (Å²) in [5.41, 5.74) is 6.10. The quantitative estimate of drug-likeness (QED) is 0.623. The minimum absolute atomic E-state index is 0.0445. The fourth-order valence-corrected chi connectivity index (χ4v) is 5.30. The van der Waals surface area contributed by atoms with E-state index in [2.05, 4.69) is 10.3 Å². The van der Waals surface area contributed by atoms with Crippen LogP contribution < -0.4 is 16.6 Å². The van der Waals surface area contributed by atoms with Crippen LogP contribution in [0.3, 0.4) is 0 Å². The molecule has 2 aromatic heterocycles. The highest BCUT2D eigenvalue weighted by Gasteiger charge is 2.24. The van der Waals surface area contributed by atoms with Gasteiger partial charge in [-0.1, -0.05) is 11.8 Å². The molecule has 0 radical (unpaired) electrons. The van der Waals surface area contributed by atoms with E-state index >= 15 is 0 Å². The van der Waals surface area contributed by atoms with E-state index in [1.165, 1.54) is 4.88 Å². The predicted molar refractivity (Wildman–Crippen MR) is 99.2 cm³/mol. The number of thioether (sulfide) groups is 1.